The lowest BCUT2D eigenvalue weighted by atomic mass is 9.98. The Labute approximate surface area is 168 Å². The summed E-state index contributed by atoms with van der Waals surface area (Å²) in [5.41, 5.74) is 5.15. The summed E-state index contributed by atoms with van der Waals surface area (Å²) >= 11 is 1.41. The Hall–Kier alpha value is -2.42. The lowest BCUT2D eigenvalue weighted by Crippen LogP contribution is -2.44. The van der Waals surface area contributed by atoms with Crippen molar-refractivity contribution in [1.29, 1.82) is 0 Å². The van der Waals surface area contributed by atoms with Gasteiger partial charge in [0.15, 0.2) is 0 Å². The van der Waals surface area contributed by atoms with Crippen LogP contribution in [0.15, 0.2) is 6.07 Å². The van der Waals surface area contributed by atoms with E-state index in [9.17, 15) is 19.2 Å². The molecule has 1 aromatic rings. The van der Waals surface area contributed by atoms with Crippen LogP contribution in [0, 0.1) is 6.92 Å². The summed E-state index contributed by atoms with van der Waals surface area (Å²) in [5.74, 6) is -0.887. The Bertz CT molecular complexity index is 798. The van der Waals surface area contributed by atoms with Gasteiger partial charge in [0.25, 0.3) is 11.8 Å². The number of rotatable bonds is 6. The minimum absolute atomic E-state index is 0.105. The summed E-state index contributed by atoms with van der Waals surface area (Å²) in [6, 6.07) is 1.43. The number of carbonyl (C=O) groups is 4. The number of nitrogens with one attached hydrogen (secondary N) is 3. The quantitative estimate of drug-likeness (QED) is 0.496. The van der Waals surface area contributed by atoms with Crippen LogP contribution in [0.25, 0.3) is 0 Å². The fourth-order valence-corrected chi connectivity index (χ4v) is 4.84. The van der Waals surface area contributed by atoms with Crippen LogP contribution in [0.3, 0.4) is 0 Å². The number of urea groups is 1. The molecular weight excluding hydrogens is 380 g/mol. The van der Waals surface area contributed by atoms with Crippen LogP contribution >= 0.6 is 11.3 Å². The first kappa shape index (κ1) is 20.3. The number of aryl methyl sites for hydroxylation is 2. The molecule has 1 aliphatic heterocycles. The molecule has 2 fully saturated rings. The number of hydrogen-bond acceptors (Lipinski definition) is 5. The average Bonchev–Trinajstić information content (AvgIpc) is 3.34. The predicted molar refractivity (Wildman–Crippen MR) is 105 cm³/mol. The van der Waals surface area contributed by atoms with E-state index in [0.29, 0.717) is 24.1 Å². The monoisotopic (exact) mass is 406 g/mol. The molecule has 8 nitrogen and oxygen atoms in total. The molecular formula is C19H26N4O4S. The van der Waals surface area contributed by atoms with E-state index in [-0.39, 0.29) is 36.7 Å². The molecule has 3 rings (SSSR count). The Morgan fingerprint density at radius 3 is 2.61 bits per heavy atom. The van der Waals surface area contributed by atoms with Crippen molar-refractivity contribution in [2.45, 2.75) is 64.3 Å². The van der Waals surface area contributed by atoms with E-state index in [1.54, 1.807) is 6.07 Å². The van der Waals surface area contributed by atoms with E-state index in [4.69, 9.17) is 0 Å². The van der Waals surface area contributed by atoms with E-state index in [1.165, 1.54) is 16.2 Å². The molecule has 2 heterocycles. The number of nitrogens with zero attached hydrogens (tertiary/aromatic N) is 1. The van der Waals surface area contributed by atoms with Crippen molar-refractivity contribution in [3.05, 3.63) is 21.4 Å². The molecule has 0 aromatic carbocycles. The van der Waals surface area contributed by atoms with Gasteiger partial charge in [-0.15, -0.1) is 11.3 Å². The van der Waals surface area contributed by atoms with Crippen molar-refractivity contribution in [2.75, 3.05) is 6.54 Å². The van der Waals surface area contributed by atoms with Crippen molar-refractivity contribution in [1.82, 2.24) is 21.1 Å². The summed E-state index contributed by atoms with van der Waals surface area (Å²) in [6.45, 7) is 4.18. The molecule has 0 radical (unpaired) electrons. The first-order valence-corrected chi connectivity index (χ1v) is 10.5. The molecule has 1 saturated heterocycles. The molecule has 9 heteroatoms. The lowest BCUT2D eigenvalue weighted by molar-refractivity contribution is -0.131. The van der Waals surface area contributed by atoms with Gasteiger partial charge in [-0.3, -0.25) is 30.1 Å². The fourth-order valence-electron chi connectivity index (χ4n) is 3.83. The van der Waals surface area contributed by atoms with Gasteiger partial charge >= 0.3 is 6.03 Å². The van der Waals surface area contributed by atoms with E-state index < -0.39 is 5.54 Å². The first-order chi connectivity index (χ1) is 13.4. The number of hydrazine groups is 1. The summed E-state index contributed by atoms with van der Waals surface area (Å²) in [4.78, 5) is 51.6. The van der Waals surface area contributed by atoms with Crippen LogP contribution in [0.1, 0.15) is 65.6 Å². The van der Waals surface area contributed by atoms with E-state index in [0.717, 1.165) is 29.7 Å². The Morgan fingerprint density at radius 2 is 1.96 bits per heavy atom. The van der Waals surface area contributed by atoms with Gasteiger partial charge in [0.1, 0.15) is 5.54 Å². The average molecular weight is 407 g/mol. The molecule has 0 unspecified atom stereocenters. The Kier molecular flexibility index (Phi) is 6.02. The Morgan fingerprint density at radius 1 is 1.25 bits per heavy atom. The largest absolute Gasteiger partial charge is 0.325 e. The SMILES string of the molecule is CCc1sc(C(=O)NNC(=O)CCCN2C(=O)NC3(CCCC3)C2=O)cc1C. The molecule has 1 spiro atoms. The smallest absolute Gasteiger partial charge is 0.323 e. The summed E-state index contributed by atoms with van der Waals surface area (Å²) < 4.78 is 0. The number of imide groups is 1. The van der Waals surface area contributed by atoms with Gasteiger partial charge < -0.3 is 5.32 Å². The molecule has 1 saturated carbocycles. The van der Waals surface area contributed by atoms with Crippen molar-refractivity contribution >= 4 is 35.1 Å². The minimum atomic E-state index is -0.719. The molecule has 3 N–H and O–H groups in total. The van der Waals surface area contributed by atoms with Crippen LogP contribution in [0.2, 0.25) is 0 Å². The lowest BCUT2D eigenvalue weighted by Gasteiger charge is -2.19. The zero-order valence-electron chi connectivity index (χ0n) is 16.2. The molecule has 28 heavy (non-hydrogen) atoms. The van der Waals surface area contributed by atoms with Crippen LogP contribution in [-0.2, 0) is 16.0 Å². The number of amides is 5. The first-order valence-electron chi connectivity index (χ1n) is 9.69. The molecule has 1 aliphatic carbocycles. The molecule has 5 amide bonds. The van der Waals surface area contributed by atoms with Gasteiger partial charge in [-0.2, -0.15) is 0 Å². The number of hydrogen-bond donors (Lipinski definition) is 3. The number of thiophene rings is 1. The molecule has 1 aromatic heterocycles. The van der Waals surface area contributed by atoms with Gasteiger partial charge in [-0.25, -0.2) is 4.79 Å². The maximum Gasteiger partial charge on any atom is 0.325 e. The molecule has 0 bridgehead atoms. The highest BCUT2D eigenvalue weighted by Gasteiger charge is 2.52. The zero-order valence-corrected chi connectivity index (χ0v) is 17.0. The van der Waals surface area contributed by atoms with Crippen molar-refractivity contribution in [3.8, 4) is 0 Å². The van der Waals surface area contributed by atoms with Crippen molar-refractivity contribution in [2.24, 2.45) is 0 Å². The third-order valence-corrected chi connectivity index (χ3v) is 6.75. The van der Waals surface area contributed by atoms with Crippen LogP contribution in [0.5, 0.6) is 0 Å². The highest BCUT2D eigenvalue weighted by molar-refractivity contribution is 7.14. The highest BCUT2D eigenvalue weighted by Crippen LogP contribution is 2.35. The van der Waals surface area contributed by atoms with Gasteiger partial charge in [0.2, 0.25) is 5.91 Å². The van der Waals surface area contributed by atoms with Gasteiger partial charge in [0.05, 0.1) is 4.88 Å². The van der Waals surface area contributed by atoms with Gasteiger partial charge in [0, 0.05) is 17.8 Å². The van der Waals surface area contributed by atoms with Crippen LogP contribution in [-0.4, -0.2) is 40.7 Å². The second kappa shape index (κ2) is 8.30. The van der Waals surface area contributed by atoms with Crippen LogP contribution < -0.4 is 16.2 Å². The third-order valence-electron chi connectivity index (χ3n) is 5.37. The zero-order chi connectivity index (χ0) is 20.3. The normalized spacial score (nSPS) is 17.9. The van der Waals surface area contributed by atoms with Crippen LogP contribution in [0.4, 0.5) is 4.79 Å². The highest BCUT2D eigenvalue weighted by atomic mass is 32.1. The summed E-state index contributed by atoms with van der Waals surface area (Å²) in [7, 11) is 0. The van der Waals surface area contributed by atoms with Gasteiger partial charge in [-0.05, 0) is 44.2 Å². The second-order valence-corrected chi connectivity index (χ2v) is 8.49. The van der Waals surface area contributed by atoms with Crippen molar-refractivity contribution < 1.29 is 19.2 Å². The third kappa shape index (κ3) is 4.04. The maximum atomic E-state index is 12.5. The molecule has 152 valence electrons. The number of carbonyl (C=O) groups excluding carboxylic acids is 4. The topological polar surface area (TPSA) is 108 Å². The molecule has 2 aliphatic rings. The maximum absolute atomic E-state index is 12.5. The van der Waals surface area contributed by atoms with E-state index in [1.807, 2.05) is 13.8 Å². The second-order valence-electron chi connectivity index (χ2n) is 7.35. The fraction of sp³-hybridized carbons (Fsp3) is 0.579. The summed E-state index contributed by atoms with van der Waals surface area (Å²) in [6.07, 6.45) is 4.55. The standard InChI is InChI=1S/C19H26N4O4S/c1-3-13-12(2)11-14(28-13)16(25)22-21-15(24)7-6-10-23-17(26)19(20-18(23)27)8-4-5-9-19/h11H,3-10H2,1-2H3,(H,20,27)(H,21,24)(H,22,25). The molecule has 0 atom stereocenters. The van der Waals surface area contributed by atoms with Gasteiger partial charge in [-0.1, -0.05) is 19.8 Å². The van der Waals surface area contributed by atoms with E-state index in [2.05, 4.69) is 16.2 Å². The Balaban J connectivity index is 1.41. The van der Waals surface area contributed by atoms with Crippen molar-refractivity contribution in [3.63, 3.8) is 0 Å². The minimum Gasteiger partial charge on any atom is -0.323 e. The summed E-state index contributed by atoms with van der Waals surface area (Å²) in [5, 5.41) is 2.82. The van der Waals surface area contributed by atoms with E-state index >= 15 is 0 Å². The predicted octanol–water partition coefficient (Wildman–Crippen LogP) is 2.02.